The predicted octanol–water partition coefficient (Wildman–Crippen LogP) is 2.13. The van der Waals surface area contributed by atoms with E-state index in [-0.39, 0.29) is 33.0 Å². The van der Waals surface area contributed by atoms with E-state index in [0.717, 1.165) is 4.47 Å². The summed E-state index contributed by atoms with van der Waals surface area (Å²) in [6.45, 7) is 4.70. The average molecular weight is 446 g/mol. The van der Waals surface area contributed by atoms with Gasteiger partial charge in [0.25, 0.3) is 10.9 Å². The number of hydroxylamine groups is 1. The second kappa shape index (κ2) is 10.2. The minimum absolute atomic E-state index is 0.0133. The molecule has 0 radical (unpaired) electrons. The zero-order valence-electron chi connectivity index (χ0n) is 16.6. The van der Waals surface area contributed by atoms with Crippen LogP contribution in [0.25, 0.3) is 0 Å². The first-order chi connectivity index (χ1) is 13.8. The van der Waals surface area contributed by atoms with Gasteiger partial charge >= 0.3 is 0 Å². The van der Waals surface area contributed by atoms with E-state index in [0.29, 0.717) is 19.6 Å². The van der Waals surface area contributed by atoms with Gasteiger partial charge in [-0.25, -0.2) is 4.21 Å². The number of phenolic OH excluding ortho intramolecular Hbond substituents is 1. The Balaban J connectivity index is 2.34. The monoisotopic (exact) mass is 445 g/mol. The van der Waals surface area contributed by atoms with Crippen LogP contribution in [0.1, 0.15) is 20.3 Å². The Morgan fingerprint density at radius 1 is 1.24 bits per heavy atom. The molecule has 29 heavy (non-hydrogen) atoms. The minimum atomic E-state index is -1.91. The van der Waals surface area contributed by atoms with Crippen molar-refractivity contribution in [1.29, 1.82) is 0 Å². The number of aromatic hydroxyl groups is 1. The van der Waals surface area contributed by atoms with Gasteiger partial charge in [0.2, 0.25) is 0 Å². The molecule has 160 valence electrons. The lowest BCUT2D eigenvalue weighted by Gasteiger charge is -2.22. The fraction of sp³-hybridized carbons (Fsp3) is 0.444. The first kappa shape index (κ1) is 23.3. The summed E-state index contributed by atoms with van der Waals surface area (Å²) in [5, 5.41) is 16.4. The van der Waals surface area contributed by atoms with E-state index in [1.54, 1.807) is 0 Å². The number of hydrogen-bond acceptors (Lipinski definition) is 8. The third kappa shape index (κ3) is 4.96. The number of phenols is 1. The summed E-state index contributed by atoms with van der Waals surface area (Å²) in [4.78, 5) is 28.9. The van der Waals surface area contributed by atoms with Crippen LogP contribution in [0.15, 0.2) is 26.6 Å². The van der Waals surface area contributed by atoms with Crippen LogP contribution in [-0.2, 0) is 20.6 Å². The molecular weight excluding hydrogens is 422 g/mol. The molecule has 0 spiro atoms. The molecule has 0 saturated heterocycles. The van der Waals surface area contributed by atoms with Crippen molar-refractivity contribution in [3.8, 4) is 5.75 Å². The molecule has 3 N–H and O–H groups in total. The summed E-state index contributed by atoms with van der Waals surface area (Å²) in [6, 6.07) is 2.68. The summed E-state index contributed by atoms with van der Waals surface area (Å²) in [5.41, 5.74) is -1.16. The quantitative estimate of drug-likeness (QED) is 0.273. The SMILES string of the molecule is CCOC[C@@H](CC)Nc1c(Nc2ccc(Cl)c(S(=O)N(C)OC)c2O)c(=O)c1=O. The number of hydrogen-bond donors (Lipinski definition) is 3. The highest BCUT2D eigenvalue weighted by Gasteiger charge is 2.26. The molecule has 2 aromatic carbocycles. The number of anilines is 3. The van der Waals surface area contributed by atoms with Crippen LogP contribution in [-0.4, -0.2) is 47.2 Å². The van der Waals surface area contributed by atoms with Gasteiger partial charge in [-0.3, -0.25) is 14.4 Å². The number of benzene rings is 1. The van der Waals surface area contributed by atoms with Gasteiger partial charge in [-0.05, 0) is 25.5 Å². The van der Waals surface area contributed by atoms with Gasteiger partial charge in [0, 0.05) is 19.7 Å². The molecule has 0 aromatic heterocycles. The predicted molar refractivity (Wildman–Crippen MR) is 113 cm³/mol. The number of nitrogens with zero attached hydrogens (tertiary/aromatic N) is 1. The van der Waals surface area contributed by atoms with Crippen LogP contribution in [0.2, 0.25) is 5.02 Å². The summed E-state index contributed by atoms with van der Waals surface area (Å²) in [6.07, 6.45) is 0.678. The van der Waals surface area contributed by atoms with Gasteiger partial charge in [-0.15, -0.1) is 4.47 Å². The maximum atomic E-state index is 12.5. The number of nitrogens with one attached hydrogen (secondary N) is 2. The van der Waals surface area contributed by atoms with E-state index in [1.807, 2.05) is 13.8 Å². The largest absolute Gasteiger partial charge is 0.504 e. The number of ether oxygens (including phenoxy) is 1. The molecule has 0 heterocycles. The first-order valence-electron chi connectivity index (χ1n) is 8.92. The lowest BCUT2D eigenvalue weighted by atomic mass is 10.1. The maximum absolute atomic E-state index is 12.5. The molecule has 0 bridgehead atoms. The zero-order chi connectivity index (χ0) is 21.7. The first-order valence-corrected chi connectivity index (χ1v) is 10.4. The Labute approximate surface area is 175 Å². The Morgan fingerprint density at radius 2 is 1.90 bits per heavy atom. The van der Waals surface area contributed by atoms with Crippen molar-refractivity contribution in [3.63, 3.8) is 0 Å². The molecule has 2 rings (SSSR count). The molecule has 0 aliphatic heterocycles. The highest BCUT2D eigenvalue weighted by Crippen LogP contribution is 2.38. The Bertz CT molecular complexity index is 960. The lowest BCUT2D eigenvalue weighted by Crippen LogP contribution is -2.40. The van der Waals surface area contributed by atoms with Gasteiger partial charge in [0.15, 0.2) is 16.7 Å². The Hall–Kier alpha value is -1.98. The lowest BCUT2D eigenvalue weighted by molar-refractivity contribution is -0.0205. The highest BCUT2D eigenvalue weighted by molar-refractivity contribution is 7.82. The van der Waals surface area contributed by atoms with Crippen molar-refractivity contribution in [2.75, 3.05) is 38.0 Å². The van der Waals surface area contributed by atoms with Crippen LogP contribution in [0, 0.1) is 0 Å². The van der Waals surface area contributed by atoms with Crippen molar-refractivity contribution in [2.24, 2.45) is 0 Å². The molecular formula is C18H24ClN3O6S. The molecule has 1 unspecified atom stereocenters. The van der Waals surface area contributed by atoms with E-state index < -0.39 is 27.6 Å². The summed E-state index contributed by atoms with van der Waals surface area (Å²) in [5.74, 6) is -0.417. The third-order valence-electron chi connectivity index (χ3n) is 4.28. The maximum Gasteiger partial charge on any atom is 0.253 e. The van der Waals surface area contributed by atoms with Gasteiger partial charge in [-0.1, -0.05) is 18.5 Å². The molecule has 0 aliphatic rings. The smallest absolute Gasteiger partial charge is 0.253 e. The molecule has 0 amide bonds. The molecule has 2 aromatic rings. The van der Waals surface area contributed by atoms with Crippen molar-refractivity contribution in [1.82, 2.24) is 4.47 Å². The normalized spacial score (nSPS) is 13.6. The van der Waals surface area contributed by atoms with E-state index in [1.165, 1.54) is 26.3 Å². The molecule has 0 saturated carbocycles. The van der Waals surface area contributed by atoms with Gasteiger partial charge in [0.1, 0.15) is 16.3 Å². The van der Waals surface area contributed by atoms with Gasteiger partial charge in [0.05, 0.1) is 24.4 Å². The van der Waals surface area contributed by atoms with E-state index in [9.17, 15) is 18.9 Å². The van der Waals surface area contributed by atoms with Crippen LogP contribution in [0.3, 0.4) is 0 Å². The molecule has 2 atom stereocenters. The second-order valence-corrected chi connectivity index (χ2v) is 7.91. The number of rotatable bonds is 11. The molecule has 9 nitrogen and oxygen atoms in total. The zero-order valence-corrected chi connectivity index (χ0v) is 18.1. The Morgan fingerprint density at radius 3 is 2.48 bits per heavy atom. The molecule has 11 heteroatoms. The third-order valence-corrected chi connectivity index (χ3v) is 6.09. The summed E-state index contributed by atoms with van der Waals surface area (Å²) in [7, 11) is 0.819. The standard InChI is InChI=1S/C18H24ClN3O6S/c1-5-10(9-28-6-2)20-13-14(17(25)16(13)24)21-12-8-7-11(19)18(15(12)23)29(26)22(3)27-4/h7-8,10,20-21,23H,5-6,9H2,1-4H3/t10-,29?/m1/s1. The summed E-state index contributed by atoms with van der Waals surface area (Å²) < 4.78 is 18.9. The van der Waals surface area contributed by atoms with E-state index >= 15 is 0 Å². The summed E-state index contributed by atoms with van der Waals surface area (Å²) >= 11 is 6.08. The highest BCUT2D eigenvalue weighted by atomic mass is 35.5. The minimum Gasteiger partial charge on any atom is -0.504 e. The van der Waals surface area contributed by atoms with Gasteiger partial charge in [-0.2, -0.15) is 0 Å². The molecule has 0 aliphatic carbocycles. The van der Waals surface area contributed by atoms with Crippen LogP contribution < -0.4 is 21.5 Å². The number of halogens is 1. The topological polar surface area (TPSA) is 117 Å². The fourth-order valence-electron chi connectivity index (χ4n) is 2.52. The van der Waals surface area contributed by atoms with Crippen LogP contribution >= 0.6 is 11.6 Å². The van der Waals surface area contributed by atoms with Crippen LogP contribution in [0.5, 0.6) is 5.75 Å². The Kier molecular flexibility index (Phi) is 8.17. The average Bonchev–Trinajstić information content (AvgIpc) is 2.72. The van der Waals surface area contributed by atoms with Crippen molar-refractivity contribution in [2.45, 2.75) is 31.2 Å². The van der Waals surface area contributed by atoms with Gasteiger partial charge < -0.3 is 20.5 Å². The second-order valence-electron chi connectivity index (χ2n) is 6.09. The molecule has 0 fully saturated rings. The van der Waals surface area contributed by atoms with Crippen molar-refractivity contribution in [3.05, 3.63) is 37.6 Å². The van der Waals surface area contributed by atoms with E-state index in [4.69, 9.17) is 21.2 Å². The van der Waals surface area contributed by atoms with E-state index in [2.05, 4.69) is 10.6 Å². The van der Waals surface area contributed by atoms with Crippen LogP contribution in [0.4, 0.5) is 17.1 Å². The van der Waals surface area contributed by atoms with Crippen molar-refractivity contribution < 1.29 is 18.9 Å². The van der Waals surface area contributed by atoms with Crippen molar-refractivity contribution >= 4 is 39.6 Å². The fourth-order valence-corrected chi connectivity index (χ4v) is 3.77.